The van der Waals surface area contributed by atoms with Crippen LogP contribution in [-0.2, 0) is 20.0 Å². The van der Waals surface area contributed by atoms with Crippen LogP contribution in [0.15, 0.2) is 41.3 Å². The second-order valence-corrected chi connectivity index (χ2v) is 12.6. The number of hydrogen-bond acceptors (Lipinski definition) is 5. The maximum Gasteiger partial charge on any atom is 0.243 e. The van der Waals surface area contributed by atoms with Crippen molar-refractivity contribution in [3.63, 3.8) is 0 Å². The number of piperazine rings is 1. The lowest BCUT2D eigenvalue weighted by atomic mass is 10.1. The molecule has 2 aromatic rings. The van der Waals surface area contributed by atoms with E-state index >= 15 is 0 Å². The van der Waals surface area contributed by atoms with Crippen molar-refractivity contribution in [3.05, 3.63) is 53.1 Å². The molecule has 2 fully saturated rings. The summed E-state index contributed by atoms with van der Waals surface area (Å²) in [4.78, 5) is 2.47. The van der Waals surface area contributed by atoms with Crippen LogP contribution in [0, 0.1) is 20.8 Å². The number of benzene rings is 2. The van der Waals surface area contributed by atoms with E-state index in [9.17, 15) is 16.8 Å². The molecule has 32 heavy (non-hydrogen) atoms. The van der Waals surface area contributed by atoms with Gasteiger partial charge in [-0.05, 0) is 74.6 Å². The van der Waals surface area contributed by atoms with E-state index in [1.165, 1.54) is 9.87 Å². The zero-order valence-corrected chi connectivity index (χ0v) is 20.5. The van der Waals surface area contributed by atoms with Crippen molar-refractivity contribution in [2.45, 2.75) is 38.5 Å². The van der Waals surface area contributed by atoms with Crippen LogP contribution in [0.2, 0.25) is 0 Å². The molecular weight excluding hydrogens is 446 g/mol. The highest BCUT2D eigenvalue weighted by atomic mass is 32.2. The molecule has 0 radical (unpaired) electrons. The van der Waals surface area contributed by atoms with Crippen LogP contribution in [0.3, 0.4) is 0 Å². The first-order valence-electron chi connectivity index (χ1n) is 11.0. The second-order valence-electron chi connectivity index (χ2n) is 8.73. The first-order chi connectivity index (χ1) is 15.1. The molecule has 0 aromatic heterocycles. The molecule has 0 atom stereocenters. The molecule has 4 rings (SSSR count). The number of anilines is 2. The third-order valence-corrected chi connectivity index (χ3v) is 10.2. The summed E-state index contributed by atoms with van der Waals surface area (Å²) in [5.74, 6) is 0.136. The van der Waals surface area contributed by atoms with Gasteiger partial charge in [0, 0.05) is 38.4 Å². The van der Waals surface area contributed by atoms with E-state index in [1.807, 2.05) is 19.1 Å². The van der Waals surface area contributed by atoms with E-state index < -0.39 is 20.0 Å². The molecular formula is C23H31N3O4S2. The number of rotatable bonds is 4. The fourth-order valence-electron chi connectivity index (χ4n) is 4.53. The molecule has 7 nitrogen and oxygen atoms in total. The summed E-state index contributed by atoms with van der Waals surface area (Å²) in [6, 6.07) is 11.6. The Balaban J connectivity index is 1.56. The summed E-state index contributed by atoms with van der Waals surface area (Å²) in [6.07, 6.45) is 1.47. The van der Waals surface area contributed by atoms with Crippen LogP contribution < -0.4 is 9.21 Å². The molecule has 0 N–H and O–H groups in total. The van der Waals surface area contributed by atoms with Crippen LogP contribution in [0.5, 0.6) is 0 Å². The predicted molar refractivity (Wildman–Crippen MR) is 128 cm³/mol. The fraction of sp³-hybridized carbons (Fsp3) is 0.478. The van der Waals surface area contributed by atoms with E-state index in [2.05, 4.69) is 17.0 Å². The monoisotopic (exact) mass is 477 g/mol. The number of hydrogen-bond donors (Lipinski definition) is 0. The van der Waals surface area contributed by atoms with E-state index in [1.54, 1.807) is 30.3 Å². The largest absolute Gasteiger partial charge is 0.369 e. The van der Waals surface area contributed by atoms with Gasteiger partial charge in [-0.1, -0.05) is 12.1 Å². The molecule has 0 unspecified atom stereocenters. The van der Waals surface area contributed by atoms with Gasteiger partial charge in [0.05, 0.1) is 16.3 Å². The van der Waals surface area contributed by atoms with Gasteiger partial charge in [-0.3, -0.25) is 4.31 Å². The van der Waals surface area contributed by atoms with Crippen LogP contribution in [0.25, 0.3) is 0 Å². The molecule has 2 aliphatic rings. The topological polar surface area (TPSA) is 78.0 Å². The Morgan fingerprint density at radius 2 is 1.56 bits per heavy atom. The summed E-state index contributed by atoms with van der Waals surface area (Å²) in [7, 11) is -7.02. The minimum atomic E-state index is -3.67. The molecule has 2 heterocycles. The van der Waals surface area contributed by atoms with Gasteiger partial charge in [-0.2, -0.15) is 4.31 Å². The smallest absolute Gasteiger partial charge is 0.243 e. The SMILES string of the molecule is Cc1cccc(N2CCN(S(=O)(=O)c3cc(C)c(N4CCCCS4(=O)=O)cc3C)CC2)c1. The molecule has 2 aromatic carbocycles. The average molecular weight is 478 g/mol. The maximum absolute atomic E-state index is 13.4. The molecule has 9 heteroatoms. The Kier molecular flexibility index (Phi) is 6.26. The summed E-state index contributed by atoms with van der Waals surface area (Å²) in [6.45, 7) is 8.11. The van der Waals surface area contributed by atoms with E-state index in [0.29, 0.717) is 56.0 Å². The highest BCUT2D eigenvalue weighted by Gasteiger charge is 2.32. The molecule has 0 amide bonds. The Labute approximate surface area is 191 Å². The number of nitrogens with zero attached hydrogens (tertiary/aromatic N) is 3. The van der Waals surface area contributed by atoms with Crippen molar-refractivity contribution in [2.75, 3.05) is 47.7 Å². The van der Waals surface area contributed by atoms with E-state index in [-0.39, 0.29) is 10.6 Å². The van der Waals surface area contributed by atoms with Crippen LogP contribution >= 0.6 is 0 Å². The quantitative estimate of drug-likeness (QED) is 0.676. The van der Waals surface area contributed by atoms with Crippen molar-refractivity contribution in [2.24, 2.45) is 0 Å². The third kappa shape index (κ3) is 4.38. The molecule has 0 bridgehead atoms. The van der Waals surface area contributed by atoms with Gasteiger partial charge in [-0.15, -0.1) is 0 Å². The summed E-state index contributed by atoms with van der Waals surface area (Å²) in [5.41, 5.74) is 4.12. The van der Waals surface area contributed by atoms with E-state index in [4.69, 9.17) is 0 Å². The standard InChI is InChI=1S/C23H31N3O4S2/c1-18-7-6-8-21(15-18)24-10-12-25(13-11-24)32(29,30)23-17-19(2)22(16-20(23)3)26-9-4-5-14-31(26,27)28/h6-8,15-17H,4-5,9-14H2,1-3H3. The van der Waals surface area contributed by atoms with Gasteiger partial charge >= 0.3 is 0 Å². The fourth-order valence-corrected chi connectivity index (χ4v) is 7.94. The van der Waals surface area contributed by atoms with Gasteiger partial charge in [0.1, 0.15) is 0 Å². The van der Waals surface area contributed by atoms with Crippen molar-refractivity contribution in [1.82, 2.24) is 4.31 Å². The summed E-state index contributed by atoms with van der Waals surface area (Å²) in [5, 5.41) is 0. The summed E-state index contributed by atoms with van der Waals surface area (Å²) >= 11 is 0. The van der Waals surface area contributed by atoms with Crippen LogP contribution in [0.1, 0.15) is 29.5 Å². The first-order valence-corrected chi connectivity index (χ1v) is 14.1. The Hall–Kier alpha value is -2.10. The van der Waals surface area contributed by atoms with Crippen LogP contribution in [-0.4, -0.2) is 59.6 Å². The number of sulfonamides is 2. The lowest BCUT2D eigenvalue weighted by Gasteiger charge is -2.36. The van der Waals surface area contributed by atoms with Gasteiger partial charge < -0.3 is 4.90 Å². The lowest BCUT2D eigenvalue weighted by Crippen LogP contribution is -2.48. The highest BCUT2D eigenvalue weighted by molar-refractivity contribution is 7.92. The molecule has 0 spiro atoms. The Morgan fingerprint density at radius 3 is 2.22 bits per heavy atom. The van der Waals surface area contributed by atoms with E-state index in [0.717, 1.165) is 12.1 Å². The zero-order valence-electron chi connectivity index (χ0n) is 18.9. The molecule has 2 saturated heterocycles. The average Bonchev–Trinajstić information content (AvgIpc) is 2.75. The Morgan fingerprint density at radius 1 is 0.844 bits per heavy atom. The molecule has 0 aliphatic carbocycles. The first kappa shape index (κ1) is 23.1. The van der Waals surface area contributed by atoms with Gasteiger partial charge in [0.25, 0.3) is 0 Å². The van der Waals surface area contributed by atoms with Gasteiger partial charge in [-0.25, -0.2) is 16.8 Å². The maximum atomic E-state index is 13.4. The molecule has 174 valence electrons. The van der Waals surface area contributed by atoms with Crippen molar-refractivity contribution in [3.8, 4) is 0 Å². The molecule has 0 saturated carbocycles. The van der Waals surface area contributed by atoms with Crippen molar-refractivity contribution < 1.29 is 16.8 Å². The predicted octanol–water partition coefficient (Wildman–Crippen LogP) is 3.05. The number of aryl methyl sites for hydroxylation is 3. The molecule has 2 aliphatic heterocycles. The summed E-state index contributed by atoms with van der Waals surface area (Å²) < 4.78 is 55.0. The van der Waals surface area contributed by atoms with Crippen LogP contribution in [0.4, 0.5) is 11.4 Å². The van der Waals surface area contributed by atoms with Gasteiger partial charge in [0.15, 0.2) is 0 Å². The highest BCUT2D eigenvalue weighted by Crippen LogP contribution is 2.32. The third-order valence-electron chi connectivity index (χ3n) is 6.33. The zero-order chi connectivity index (χ0) is 23.1. The van der Waals surface area contributed by atoms with Crippen molar-refractivity contribution >= 4 is 31.4 Å². The Bertz CT molecular complexity index is 1220. The minimum absolute atomic E-state index is 0.136. The van der Waals surface area contributed by atoms with Crippen molar-refractivity contribution in [1.29, 1.82) is 0 Å². The lowest BCUT2D eigenvalue weighted by molar-refractivity contribution is 0.384. The van der Waals surface area contributed by atoms with Gasteiger partial charge in [0.2, 0.25) is 20.0 Å². The normalized spacial score (nSPS) is 19.8. The second kappa shape index (κ2) is 8.68. The minimum Gasteiger partial charge on any atom is -0.369 e.